The number of halogens is 1. The van der Waals surface area contributed by atoms with Crippen molar-refractivity contribution in [3.8, 4) is 0 Å². The van der Waals surface area contributed by atoms with Crippen LogP contribution >= 0.6 is 22.6 Å². The largest absolute Gasteiger partial charge is 0.369 e. The molecule has 2 amide bonds. The molecule has 1 aromatic carbocycles. The molecule has 0 unspecified atom stereocenters. The Hall–Kier alpha value is -1.11. The van der Waals surface area contributed by atoms with E-state index in [0.717, 1.165) is 9.26 Å². The number of hydrogen-bond acceptors (Lipinski definition) is 2. The summed E-state index contributed by atoms with van der Waals surface area (Å²) in [5.74, 6) is -0.794. The van der Waals surface area contributed by atoms with Crippen LogP contribution in [0.5, 0.6) is 0 Å². The minimum absolute atomic E-state index is 0.0363. The highest BCUT2D eigenvalue weighted by atomic mass is 127. The molecule has 1 heterocycles. The van der Waals surface area contributed by atoms with Crippen LogP contribution in [0.4, 0.5) is 5.69 Å². The molecule has 1 saturated heterocycles. The Morgan fingerprint density at radius 1 is 1.50 bits per heavy atom. The quantitative estimate of drug-likeness (QED) is 0.827. The van der Waals surface area contributed by atoms with E-state index in [-0.39, 0.29) is 18.2 Å². The molecule has 0 bridgehead atoms. The Kier molecular flexibility index (Phi) is 3.13. The second-order valence-electron chi connectivity index (χ2n) is 3.79. The Bertz CT molecular complexity index is 447. The van der Waals surface area contributed by atoms with Crippen molar-refractivity contribution in [3.05, 3.63) is 27.8 Å². The van der Waals surface area contributed by atoms with Crippen LogP contribution in [-0.2, 0) is 9.59 Å². The molecule has 16 heavy (non-hydrogen) atoms. The number of benzene rings is 1. The van der Waals surface area contributed by atoms with Crippen molar-refractivity contribution >= 4 is 40.1 Å². The minimum Gasteiger partial charge on any atom is -0.369 e. The van der Waals surface area contributed by atoms with E-state index in [9.17, 15) is 9.59 Å². The average Bonchev–Trinajstić information content (AvgIpc) is 2.60. The first-order valence-corrected chi connectivity index (χ1v) is 6.01. The third-order valence-corrected chi connectivity index (χ3v) is 3.32. The number of hydrogen-bond donors (Lipinski definition) is 1. The zero-order chi connectivity index (χ0) is 11.7. The number of nitrogens with zero attached hydrogens (tertiary/aromatic N) is 1. The summed E-state index contributed by atoms with van der Waals surface area (Å²) >= 11 is 2.19. The average molecular weight is 330 g/mol. The van der Waals surface area contributed by atoms with E-state index in [2.05, 4.69) is 22.6 Å². The maximum atomic E-state index is 11.7. The lowest BCUT2D eigenvalue weighted by atomic mass is 10.1. The summed E-state index contributed by atoms with van der Waals surface area (Å²) in [7, 11) is 0. The summed E-state index contributed by atoms with van der Waals surface area (Å²) in [5, 5.41) is 0. The molecule has 0 aliphatic carbocycles. The molecule has 1 atom stereocenters. The van der Waals surface area contributed by atoms with E-state index >= 15 is 0 Å². The molecule has 0 radical (unpaired) electrons. The van der Waals surface area contributed by atoms with Crippen molar-refractivity contribution in [2.24, 2.45) is 11.7 Å². The van der Waals surface area contributed by atoms with Gasteiger partial charge in [-0.25, -0.2) is 0 Å². The van der Waals surface area contributed by atoms with Gasteiger partial charge >= 0.3 is 0 Å². The first kappa shape index (κ1) is 11.4. The molecule has 2 N–H and O–H groups in total. The summed E-state index contributed by atoms with van der Waals surface area (Å²) in [4.78, 5) is 24.4. The van der Waals surface area contributed by atoms with Crippen LogP contribution in [0.2, 0.25) is 0 Å². The van der Waals surface area contributed by atoms with E-state index in [1.807, 2.05) is 24.3 Å². The maximum absolute atomic E-state index is 11.7. The van der Waals surface area contributed by atoms with E-state index in [4.69, 9.17) is 5.73 Å². The summed E-state index contributed by atoms with van der Waals surface area (Å²) in [5.41, 5.74) is 6.04. The van der Waals surface area contributed by atoms with Crippen molar-refractivity contribution in [1.29, 1.82) is 0 Å². The zero-order valence-corrected chi connectivity index (χ0v) is 10.7. The number of carbonyl (C=O) groups is 2. The van der Waals surface area contributed by atoms with Crippen LogP contribution in [0.15, 0.2) is 24.3 Å². The van der Waals surface area contributed by atoms with E-state index in [1.165, 1.54) is 0 Å². The van der Waals surface area contributed by atoms with Crippen molar-refractivity contribution in [3.63, 3.8) is 0 Å². The van der Waals surface area contributed by atoms with Crippen molar-refractivity contribution in [1.82, 2.24) is 0 Å². The Labute approximate surface area is 107 Å². The topological polar surface area (TPSA) is 63.4 Å². The molecule has 0 saturated carbocycles. The number of amides is 2. The van der Waals surface area contributed by atoms with Gasteiger partial charge in [0.25, 0.3) is 0 Å². The Morgan fingerprint density at radius 2 is 2.25 bits per heavy atom. The number of anilines is 1. The van der Waals surface area contributed by atoms with Crippen LogP contribution in [-0.4, -0.2) is 18.4 Å². The minimum atomic E-state index is -0.401. The van der Waals surface area contributed by atoms with Gasteiger partial charge in [0.1, 0.15) is 0 Å². The molecule has 1 aromatic rings. The second kappa shape index (κ2) is 4.40. The van der Waals surface area contributed by atoms with Crippen LogP contribution in [0.1, 0.15) is 6.42 Å². The lowest BCUT2D eigenvalue weighted by Crippen LogP contribution is -2.28. The lowest BCUT2D eigenvalue weighted by Gasteiger charge is -2.16. The number of nitrogens with two attached hydrogens (primary N) is 1. The van der Waals surface area contributed by atoms with Gasteiger partial charge in [0.15, 0.2) is 0 Å². The molecule has 0 aromatic heterocycles. The predicted molar refractivity (Wildman–Crippen MR) is 68.8 cm³/mol. The number of rotatable bonds is 2. The molecule has 4 nitrogen and oxygen atoms in total. The van der Waals surface area contributed by atoms with Crippen LogP contribution in [0, 0.1) is 9.49 Å². The maximum Gasteiger partial charge on any atom is 0.227 e. The van der Waals surface area contributed by atoms with Crippen LogP contribution in [0.3, 0.4) is 0 Å². The van der Waals surface area contributed by atoms with E-state index < -0.39 is 5.91 Å². The normalized spacial score (nSPS) is 20.2. The first-order chi connectivity index (χ1) is 7.58. The molecule has 5 heteroatoms. The van der Waals surface area contributed by atoms with Crippen molar-refractivity contribution in [2.45, 2.75) is 6.42 Å². The highest BCUT2D eigenvalue weighted by Gasteiger charge is 2.33. The van der Waals surface area contributed by atoms with E-state index in [0.29, 0.717) is 6.54 Å². The number of primary amides is 1. The molecule has 0 spiro atoms. The fraction of sp³-hybridized carbons (Fsp3) is 0.273. The van der Waals surface area contributed by atoms with Gasteiger partial charge in [-0.05, 0) is 40.8 Å². The molecule has 2 rings (SSSR count). The fourth-order valence-electron chi connectivity index (χ4n) is 1.79. The third-order valence-electron chi connectivity index (χ3n) is 2.65. The predicted octanol–water partition coefficient (Wildman–Crippen LogP) is 1.13. The molecular formula is C11H11IN2O2. The van der Waals surface area contributed by atoms with Crippen LogP contribution in [0.25, 0.3) is 0 Å². The van der Waals surface area contributed by atoms with Crippen molar-refractivity contribution in [2.75, 3.05) is 11.4 Å². The Morgan fingerprint density at radius 3 is 2.81 bits per heavy atom. The number of carbonyl (C=O) groups excluding carboxylic acids is 2. The van der Waals surface area contributed by atoms with E-state index in [1.54, 1.807) is 4.90 Å². The van der Waals surface area contributed by atoms with Gasteiger partial charge in [-0.3, -0.25) is 9.59 Å². The molecule has 1 aliphatic rings. The molecule has 1 aliphatic heterocycles. The van der Waals surface area contributed by atoms with Crippen molar-refractivity contribution < 1.29 is 9.59 Å². The highest BCUT2D eigenvalue weighted by molar-refractivity contribution is 14.1. The van der Waals surface area contributed by atoms with Gasteiger partial charge in [0.05, 0.1) is 5.92 Å². The summed E-state index contributed by atoms with van der Waals surface area (Å²) in [6, 6.07) is 7.63. The standard InChI is InChI=1S/C11H11IN2O2/c12-8-2-1-3-9(5-8)14-6-7(11(13)16)4-10(14)15/h1-3,5,7H,4,6H2,(H2,13,16)/t7-/m0/s1. The second-order valence-corrected chi connectivity index (χ2v) is 5.03. The van der Waals surface area contributed by atoms with Gasteiger partial charge in [-0.1, -0.05) is 6.07 Å². The summed E-state index contributed by atoms with van der Waals surface area (Å²) < 4.78 is 1.06. The monoisotopic (exact) mass is 330 g/mol. The Balaban J connectivity index is 2.23. The fourth-order valence-corrected chi connectivity index (χ4v) is 2.32. The van der Waals surface area contributed by atoms with Gasteiger partial charge in [0, 0.05) is 22.2 Å². The highest BCUT2D eigenvalue weighted by Crippen LogP contribution is 2.25. The smallest absolute Gasteiger partial charge is 0.227 e. The van der Waals surface area contributed by atoms with Gasteiger partial charge in [-0.15, -0.1) is 0 Å². The molecule has 84 valence electrons. The third kappa shape index (κ3) is 2.18. The summed E-state index contributed by atoms with van der Waals surface area (Å²) in [6.45, 7) is 0.397. The molecular weight excluding hydrogens is 319 g/mol. The van der Waals surface area contributed by atoms with Crippen LogP contribution < -0.4 is 10.6 Å². The van der Waals surface area contributed by atoms with Gasteiger partial charge in [-0.2, -0.15) is 0 Å². The lowest BCUT2D eigenvalue weighted by molar-refractivity contribution is -0.123. The SMILES string of the molecule is NC(=O)[C@H]1CC(=O)N(c2cccc(I)c2)C1. The summed E-state index contributed by atoms with van der Waals surface area (Å²) in [6.07, 6.45) is 0.223. The molecule has 1 fully saturated rings. The zero-order valence-electron chi connectivity index (χ0n) is 8.52. The van der Waals surface area contributed by atoms with Gasteiger partial charge in [0.2, 0.25) is 11.8 Å². The first-order valence-electron chi connectivity index (χ1n) is 4.93. The van der Waals surface area contributed by atoms with Gasteiger partial charge < -0.3 is 10.6 Å².